The van der Waals surface area contributed by atoms with Gasteiger partial charge in [-0.3, -0.25) is 0 Å². The molecular formula is C15H14F3N3S. The van der Waals surface area contributed by atoms with Crippen LogP contribution in [0.25, 0.3) is 16.1 Å². The Kier molecular flexibility index (Phi) is 3.28. The fraction of sp³-hybridized carbons (Fsp3) is 0.333. The van der Waals surface area contributed by atoms with E-state index in [1.54, 1.807) is 23.6 Å². The minimum atomic E-state index is -4.52. The van der Waals surface area contributed by atoms with Crippen LogP contribution >= 0.6 is 11.3 Å². The van der Waals surface area contributed by atoms with Crippen molar-refractivity contribution in [2.24, 2.45) is 0 Å². The highest BCUT2D eigenvalue weighted by Gasteiger charge is 2.39. The Labute approximate surface area is 129 Å². The number of rotatable bonds is 1. The van der Waals surface area contributed by atoms with Crippen molar-refractivity contribution in [1.29, 1.82) is 0 Å². The maximum atomic E-state index is 13.3. The molecule has 116 valence electrons. The van der Waals surface area contributed by atoms with E-state index in [2.05, 4.69) is 10.1 Å². The predicted octanol–water partition coefficient (Wildman–Crippen LogP) is 4.77. The molecule has 3 rings (SSSR count). The summed E-state index contributed by atoms with van der Waals surface area (Å²) in [7, 11) is 0. The lowest BCUT2D eigenvalue weighted by molar-refractivity contribution is -0.140. The van der Waals surface area contributed by atoms with Gasteiger partial charge < -0.3 is 0 Å². The molecular weight excluding hydrogens is 311 g/mol. The minimum absolute atomic E-state index is 0.0496. The second-order valence-electron chi connectivity index (χ2n) is 6.03. The smallest absolute Gasteiger partial charge is 0.232 e. The summed E-state index contributed by atoms with van der Waals surface area (Å²) in [5, 5.41) is 5.44. The lowest BCUT2D eigenvalue weighted by atomic mass is 9.92. The summed E-state index contributed by atoms with van der Waals surface area (Å²) < 4.78 is 41.1. The zero-order valence-corrected chi connectivity index (χ0v) is 13.1. The fourth-order valence-corrected chi connectivity index (χ4v) is 2.96. The van der Waals surface area contributed by atoms with E-state index >= 15 is 0 Å². The number of nitrogens with zero attached hydrogens (tertiary/aromatic N) is 3. The number of hydrogen-bond donors (Lipinski definition) is 0. The van der Waals surface area contributed by atoms with Gasteiger partial charge in [0.05, 0.1) is 5.56 Å². The predicted molar refractivity (Wildman–Crippen MR) is 80.0 cm³/mol. The molecule has 22 heavy (non-hydrogen) atoms. The van der Waals surface area contributed by atoms with Crippen LogP contribution in [0.2, 0.25) is 0 Å². The Morgan fingerprint density at radius 3 is 2.41 bits per heavy atom. The highest BCUT2D eigenvalue weighted by atomic mass is 32.1. The third-order valence-electron chi connectivity index (χ3n) is 3.29. The summed E-state index contributed by atoms with van der Waals surface area (Å²) in [4.78, 5) is 4.96. The lowest BCUT2D eigenvalue weighted by Gasteiger charge is -2.17. The SMILES string of the molecule is CC(C)(C)c1ccn2nc(C(F)(F)F)c(-c3cccs3)c2n1. The number of fused-ring (bicyclic) bond motifs is 1. The average Bonchev–Trinajstić information content (AvgIpc) is 3.02. The molecule has 0 radical (unpaired) electrons. The van der Waals surface area contributed by atoms with E-state index < -0.39 is 11.9 Å². The first kappa shape index (κ1) is 15.0. The van der Waals surface area contributed by atoms with Crippen LogP contribution in [0.15, 0.2) is 29.8 Å². The molecule has 0 aliphatic carbocycles. The number of aromatic nitrogens is 3. The van der Waals surface area contributed by atoms with Crippen LogP contribution in [-0.2, 0) is 11.6 Å². The maximum Gasteiger partial charge on any atom is 0.435 e. The van der Waals surface area contributed by atoms with Crippen LogP contribution in [0.3, 0.4) is 0 Å². The van der Waals surface area contributed by atoms with Crippen LogP contribution in [0.1, 0.15) is 32.2 Å². The second kappa shape index (κ2) is 4.81. The van der Waals surface area contributed by atoms with Gasteiger partial charge in [-0.25, -0.2) is 9.50 Å². The monoisotopic (exact) mass is 325 g/mol. The summed E-state index contributed by atoms with van der Waals surface area (Å²) in [6, 6.07) is 5.08. The van der Waals surface area contributed by atoms with Gasteiger partial charge in [0, 0.05) is 22.2 Å². The van der Waals surface area contributed by atoms with Gasteiger partial charge in [-0.2, -0.15) is 18.3 Å². The number of hydrogen-bond acceptors (Lipinski definition) is 3. The topological polar surface area (TPSA) is 30.2 Å². The summed E-state index contributed by atoms with van der Waals surface area (Å²) in [5.41, 5.74) is -0.132. The van der Waals surface area contributed by atoms with E-state index in [0.717, 1.165) is 5.69 Å². The van der Waals surface area contributed by atoms with Crippen LogP contribution in [0.5, 0.6) is 0 Å². The van der Waals surface area contributed by atoms with Gasteiger partial charge in [0.25, 0.3) is 0 Å². The lowest BCUT2D eigenvalue weighted by Crippen LogP contribution is -2.14. The molecule has 0 atom stereocenters. The van der Waals surface area contributed by atoms with Gasteiger partial charge in [-0.05, 0) is 17.5 Å². The fourth-order valence-electron chi connectivity index (χ4n) is 2.19. The largest absolute Gasteiger partial charge is 0.435 e. The first-order valence-electron chi connectivity index (χ1n) is 6.69. The van der Waals surface area contributed by atoms with Gasteiger partial charge >= 0.3 is 6.18 Å². The van der Waals surface area contributed by atoms with Gasteiger partial charge in [0.2, 0.25) is 0 Å². The molecule has 3 nitrogen and oxygen atoms in total. The Bertz CT molecular complexity index is 811. The Hall–Kier alpha value is -1.89. The Morgan fingerprint density at radius 1 is 1.14 bits per heavy atom. The van der Waals surface area contributed by atoms with E-state index in [9.17, 15) is 13.2 Å². The van der Waals surface area contributed by atoms with Crippen molar-refractivity contribution >= 4 is 17.0 Å². The molecule has 0 bridgehead atoms. The maximum absolute atomic E-state index is 13.3. The number of alkyl halides is 3. The molecule has 0 N–H and O–H groups in total. The van der Waals surface area contributed by atoms with Crippen LogP contribution in [0, 0.1) is 0 Å². The second-order valence-corrected chi connectivity index (χ2v) is 6.98. The number of halogens is 3. The van der Waals surface area contributed by atoms with Crippen molar-refractivity contribution in [3.8, 4) is 10.4 Å². The molecule has 0 amide bonds. The molecule has 3 aromatic heterocycles. The molecule has 0 saturated carbocycles. The molecule has 0 fully saturated rings. The number of thiophene rings is 1. The summed E-state index contributed by atoms with van der Waals surface area (Å²) in [6.07, 6.45) is -2.98. The summed E-state index contributed by atoms with van der Waals surface area (Å²) in [6.45, 7) is 5.91. The summed E-state index contributed by atoms with van der Waals surface area (Å²) >= 11 is 1.25. The van der Waals surface area contributed by atoms with Crippen LogP contribution in [-0.4, -0.2) is 14.6 Å². The molecule has 7 heteroatoms. The highest BCUT2D eigenvalue weighted by molar-refractivity contribution is 7.13. The molecule has 0 spiro atoms. The molecule has 3 heterocycles. The first-order valence-corrected chi connectivity index (χ1v) is 7.57. The third-order valence-corrected chi connectivity index (χ3v) is 4.18. The Morgan fingerprint density at radius 2 is 1.86 bits per heavy atom. The highest BCUT2D eigenvalue weighted by Crippen LogP contribution is 2.40. The first-order chi connectivity index (χ1) is 10.2. The molecule has 0 aliphatic heterocycles. The minimum Gasteiger partial charge on any atom is -0.232 e. The quantitative estimate of drug-likeness (QED) is 0.645. The molecule has 3 aromatic rings. The zero-order chi connectivity index (χ0) is 16.1. The summed E-state index contributed by atoms with van der Waals surface area (Å²) in [5.74, 6) is 0. The third kappa shape index (κ3) is 2.49. The van der Waals surface area contributed by atoms with Gasteiger partial charge in [0.1, 0.15) is 0 Å². The van der Waals surface area contributed by atoms with Crippen molar-refractivity contribution in [3.05, 3.63) is 41.2 Å². The molecule has 0 saturated heterocycles. The van der Waals surface area contributed by atoms with Gasteiger partial charge in [-0.1, -0.05) is 26.8 Å². The van der Waals surface area contributed by atoms with Crippen molar-refractivity contribution in [2.75, 3.05) is 0 Å². The normalized spacial score (nSPS) is 13.0. The van der Waals surface area contributed by atoms with Crippen LogP contribution in [0.4, 0.5) is 13.2 Å². The molecule has 0 aliphatic rings. The van der Waals surface area contributed by atoms with E-state index in [1.807, 2.05) is 20.8 Å². The van der Waals surface area contributed by atoms with Crippen molar-refractivity contribution in [3.63, 3.8) is 0 Å². The average molecular weight is 325 g/mol. The molecule has 0 unspecified atom stereocenters. The van der Waals surface area contributed by atoms with E-state index in [4.69, 9.17) is 0 Å². The van der Waals surface area contributed by atoms with E-state index in [-0.39, 0.29) is 16.6 Å². The van der Waals surface area contributed by atoms with Gasteiger partial charge in [0.15, 0.2) is 11.3 Å². The van der Waals surface area contributed by atoms with Crippen LogP contribution < -0.4 is 0 Å². The van der Waals surface area contributed by atoms with E-state index in [0.29, 0.717) is 4.88 Å². The zero-order valence-electron chi connectivity index (χ0n) is 12.3. The van der Waals surface area contributed by atoms with Crippen molar-refractivity contribution in [1.82, 2.24) is 14.6 Å². The Balaban J connectivity index is 2.36. The molecule has 0 aromatic carbocycles. The standard InChI is InChI=1S/C15H14F3N3S/c1-14(2,3)10-6-7-21-13(19-10)11(9-5-4-8-22-9)12(20-21)15(16,17)18/h4-8H,1-3H3. The van der Waals surface area contributed by atoms with Gasteiger partial charge in [-0.15, -0.1) is 11.3 Å². The van der Waals surface area contributed by atoms with Crippen molar-refractivity contribution < 1.29 is 13.2 Å². The van der Waals surface area contributed by atoms with Crippen molar-refractivity contribution in [2.45, 2.75) is 32.4 Å². The van der Waals surface area contributed by atoms with E-state index in [1.165, 1.54) is 22.0 Å².